The number of hydrogen-bond acceptors (Lipinski definition) is 6. The molecule has 1 aliphatic rings. The SMILES string of the molecule is O=C(Nc1nc2c(s1)CN(C(=O)CCc1ccccc1)CC2)c1cnccn1. The summed E-state index contributed by atoms with van der Waals surface area (Å²) >= 11 is 1.41. The first kappa shape index (κ1) is 18.2. The van der Waals surface area contributed by atoms with E-state index in [1.165, 1.54) is 35.5 Å². The average molecular weight is 393 g/mol. The lowest BCUT2D eigenvalue weighted by atomic mass is 10.1. The van der Waals surface area contributed by atoms with E-state index in [-0.39, 0.29) is 17.5 Å². The second-order valence-corrected chi connectivity index (χ2v) is 7.57. The van der Waals surface area contributed by atoms with Crippen LogP contribution in [0.1, 0.15) is 33.0 Å². The van der Waals surface area contributed by atoms with Gasteiger partial charge in [0.1, 0.15) is 5.69 Å². The van der Waals surface area contributed by atoms with Gasteiger partial charge in [0.25, 0.3) is 5.91 Å². The predicted octanol–water partition coefficient (Wildman–Crippen LogP) is 2.70. The summed E-state index contributed by atoms with van der Waals surface area (Å²) in [4.78, 5) is 40.1. The summed E-state index contributed by atoms with van der Waals surface area (Å²) in [7, 11) is 0. The van der Waals surface area contributed by atoms with Crippen LogP contribution >= 0.6 is 11.3 Å². The fourth-order valence-corrected chi connectivity index (χ4v) is 4.11. The third-order valence-corrected chi connectivity index (χ3v) is 5.57. The van der Waals surface area contributed by atoms with Gasteiger partial charge in [0, 0.05) is 36.7 Å². The second kappa shape index (κ2) is 8.26. The van der Waals surface area contributed by atoms with Gasteiger partial charge in [-0.2, -0.15) is 0 Å². The number of rotatable bonds is 5. The summed E-state index contributed by atoms with van der Waals surface area (Å²) in [5.41, 5.74) is 2.36. The number of nitrogens with one attached hydrogen (secondary N) is 1. The predicted molar refractivity (Wildman–Crippen MR) is 106 cm³/mol. The smallest absolute Gasteiger partial charge is 0.277 e. The largest absolute Gasteiger partial charge is 0.337 e. The zero-order chi connectivity index (χ0) is 19.3. The van der Waals surface area contributed by atoms with Crippen LogP contribution in [0, 0.1) is 0 Å². The third kappa shape index (κ3) is 4.23. The van der Waals surface area contributed by atoms with Crippen molar-refractivity contribution in [2.45, 2.75) is 25.8 Å². The van der Waals surface area contributed by atoms with Gasteiger partial charge in [-0.25, -0.2) is 9.97 Å². The maximum Gasteiger partial charge on any atom is 0.277 e. The zero-order valence-corrected chi connectivity index (χ0v) is 16.0. The van der Waals surface area contributed by atoms with E-state index in [2.05, 4.69) is 20.3 Å². The number of fused-ring (bicyclic) bond motifs is 1. The number of aryl methyl sites for hydroxylation is 1. The number of nitrogens with zero attached hydrogens (tertiary/aromatic N) is 4. The van der Waals surface area contributed by atoms with Crippen LogP contribution in [0.25, 0.3) is 0 Å². The zero-order valence-electron chi connectivity index (χ0n) is 15.2. The molecule has 2 aromatic heterocycles. The standard InChI is InChI=1S/C20H19N5O2S/c26-18(7-6-14-4-2-1-3-5-14)25-11-8-15-17(13-25)28-20(23-15)24-19(27)16-12-21-9-10-22-16/h1-5,9-10,12H,6-8,11,13H2,(H,23,24,27). The van der Waals surface area contributed by atoms with E-state index in [1.807, 2.05) is 35.2 Å². The molecule has 3 heterocycles. The number of thiazole rings is 1. The minimum Gasteiger partial charge on any atom is -0.337 e. The molecule has 0 aliphatic carbocycles. The van der Waals surface area contributed by atoms with Crippen LogP contribution < -0.4 is 5.32 Å². The van der Waals surface area contributed by atoms with Crippen molar-refractivity contribution in [3.05, 3.63) is 70.8 Å². The van der Waals surface area contributed by atoms with Crippen molar-refractivity contribution in [2.24, 2.45) is 0 Å². The highest BCUT2D eigenvalue weighted by molar-refractivity contribution is 7.15. The Morgan fingerprint density at radius 3 is 2.82 bits per heavy atom. The fourth-order valence-electron chi connectivity index (χ4n) is 3.09. The van der Waals surface area contributed by atoms with Crippen molar-refractivity contribution in [2.75, 3.05) is 11.9 Å². The fraction of sp³-hybridized carbons (Fsp3) is 0.250. The van der Waals surface area contributed by atoms with E-state index in [1.54, 1.807) is 0 Å². The highest BCUT2D eigenvalue weighted by atomic mass is 32.1. The minimum atomic E-state index is -0.338. The molecule has 1 N–H and O–H groups in total. The number of aromatic nitrogens is 3. The number of carbonyl (C=O) groups excluding carboxylic acids is 2. The molecule has 8 heteroatoms. The molecule has 0 saturated heterocycles. The third-order valence-electron chi connectivity index (χ3n) is 4.57. The molecule has 142 valence electrons. The highest BCUT2D eigenvalue weighted by Crippen LogP contribution is 2.29. The summed E-state index contributed by atoms with van der Waals surface area (Å²) in [5.74, 6) is -0.192. The van der Waals surface area contributed by atoms with Gasteiger partial charge in [0.15, 0.2) is 5.13 Å². The van der Waals surface area contributed by atoms with Crippen molar-refractivity contribution in [3.63, 3.8) is 0 Å². The molecule has 0 bridgehead atoms. The Morgan fingerprint density at radius 1 is 1.18 bits per heavy atom. The molecule has 0 fully saturated rings. The lowest BCUT2D eigenvalue weighted by Gasteiger charge is -2.26. The Morgan fingerprint density at radius 2 is 2.04 bits per heavy atom. The maximum atomic E-state index is 12.6. The molecule has 7 nitrogen and oxygen atoms in total. The highest BCUT2D eigenvalue weighted by Gasteiger charge is 2.24. The second-order valence-electron chi connectivity index (χ2n) is 6.48. The normalized spacial score (nSPS) is 13.1. The Balaban J connectivity index is 1.36. The molecule has 4 rings (SSSR count). The van der Waals surface area contributed by atoms with Gasteiger partial charge in [-0.05, 0) is 12.0 Å². The van der Waals surface area contributed by atoms with Crippen LogP contribution in [-0.2, 0) is 24.2 Å². The van der Waals surface area contributed by atoms with Gasteiger partial charge in [-0.1, -0.05) is 41.7 Å². The molecule has 1 aliphatic heterocycles. The van der Waals surface area contributed by atoms with E-state index in [0.717, 1.165) is 17.0 Å². The topological polar surface area (TPSA) is 88.1 Å². The quantitative estimate of drug-likeness (QED) is 0.720. The van der Waals surface area contributed by atoms with Crippen LogP contribution in [0.5, 0.6) is 0 Å². The molecule has 0 spiro atoms. The lowest BCUT2D eigenvalue weighted by molar-refractivity contribution is -0.132. The van der Waals surface area contributed by atoms with E-state index in [9.17, 15) is 9.59 Å². The number of anilines is 1. The monoisotopic (exact) mass is 393 g/mol. The Kier molecular flexibility index (Phi) is 5.38. The number of carbonyl (C=O) groups is 2. The first-order valence-electron chi connectivity index (χ1n) is 9.06. The maximum absolute atomic E-state index is 12.6. The molecule has 0 saturated carbocycles. The van der Waals surface area contributed by atoms with Crippen molar-refractivity contribution in [1.82, 2.24) is 19.9 Å². The van der Waals surface area contributed by atoms with Gasteiger partial charge in [0.05, 0.1) is 18.4 Å². The molecule has 0 unspecified atom stereocenters. The molecule has 28 heavy (non-hydrogen) atoms. The van der Waals surface area contributed by atoms with Gasteiger partial charge < -0.3 is 4.90 Å². The number of hydrogen-bond donors (Lipinski definition) is 1. The van der Waals surface area contributed by atoms with Crippen LogP contribution in [-0.4, -0.2) is 38.2 Å². The molecule has 1 aromatic carbocycles. The Bertz CT molecular complexity index is 975. The lowest BCUT2D eigenvalue weighted by Crippen LogP contribution is -2.35. The Labute approximate surface area is 166 Å². The van der Waals surface area contributed by atoms with E-state index < -0.39 is 0 Å². The van der Waals surface area contributed by atoms with Crippen molar-refractivity contribution < 1.29 is 9.59 Å². The summed E-state index contributed by atoms with van der Waals surface area (Å²) in [5, 5.41) is 3.30. The molecular weight excluding hydrogens is 374 g/mol. The molecular formula is C20H19N5O2S. The van der Waals surface area contributed by atoms with Gasteiger partial charge in [-0.3, -0.25) is 19.9 Å². The van der Waals surface area contributed by atoms with Gasteiger partial charge >= 0.3 is 0 Å². The minimum absolute atomic E-state index is 0.146. The summed E-state index contributed by atoms with van der Waals surface area (Å²) in [6.07, 6.45) is 6.34. The number of amides is 2. The van der Waals surface area contributed by atoms with Crippen LogP contribution in [0.2, 0.25) is 0 Å². The average Bonchev–Trinajstić information content (AvgIpc) is 3.14. The van der Waals surface area contributed by atoms with Crippen LogP contribution in [0.3, 0.4) is 0 Å². The van der Waals surface area contributed by atoms with E-state index in [4.69, 9.17) is 0 Å². The first-order chi connectivity index (χ1) is 13.7. The van der Waals surface area contributed by atoms with Crippen LogP contribution in [0.4, 0.5) is 5.13 Å². The van der Waals surface area contributed by atoms with Crippen molar-refractivity contribution in [1.29, 1.82) is 0 Å². The summed E-state index contributed by atoms with van der Waals surface area (Å²) in [6.45, 7) is 1.20. The molecule has 3 aromatic rings. The number of benzene rings is 1. The molecule has 2 amide bonds. The van der Waals surface area contributed by atoms with Crippen molar-refractivity contribution >= 4 is 28.3 Å². The van der Waals surface area contributed by atoms with E-state index >= 15 is 0 Å². The summed E-state index contributed by atoms with van der Waals surface area (Å²) < 4.78 is 0. The first-order valence-corrected chi connectivity index (χ1v) is 9.88. The molecule has 0 radical (unpaired) electrons. The molecule has 0 atom stereocenters. The summed E-state index contributed by atoms with van der Waals surface area (Å²) in [6, 6.07) is 10.0. The van der Waals surface area contributed by atoms with Gasteiger partial charge in [0.2, 0.25) is 5.91 Å². The Hall–Kier alpha value is -3.13. The van der Waals surface area contributed by atoms with Crippen molar-refractivity contribution in [3.8, 4) is 0 Å². The van der Waals surface area contributed by atoms with Crippen LogP contribution in [0.15, 0.2) is 48.9 Å². The van der Waals surface area contributed by atoms with E-state index in [0.29, 0.717) is 31.1 Å². The van der Waals surface area contributed by atoms with Gasteiger partial charge in [-0.15, -0.1) is 0 Å².